The molecule has 0 bridgehead atoms. The molecule has 2 aromatic heterocycles. The van der Waals surface area contributed by atoms with Gasteiger partial charge in [-0.15, -0.1) is 11.3 Å². The third-order valence-electron chi connectivity index (χ3n) is 4.96. The van der Waals surface area contributed by atoms with E-state index in [1.54, 1.807) is 29.6 Å². The zero-order valence-corrected chi connectivity index (χ0v) is 18.4. The predicted molar refractivity (Wildman–Crippen MR) is 122 cm³/mol. The van der Waals surface area contributed by atoms with Crippen LogP contribution in [0.15, 0.2) is 52.1 Å². The highest BCUT2D eigenvalue weighted by molar-refractivity contribution is 7.94. The molecule has 0 unspecified atom stereocenters. The third kappa shape index (κ3) is 5.28. The van der Waals surface area contributed by atoms with Gasteiger partial charge in [-0.2, -0.15) is 4.98 Å². The van der Waals surface area contributed by atoms with Crippen molar-refractivity contribution in [2.45, 2.75) is 49.3 Å². The van der Waals surface area contributed by atoms with Gasteiger partial charge in [0.15, 0.2) is 0 Å². The van der Waals surface area contributed by atoms with Gasteiger partial charge < -0.3 is 10.6 Å². The second-order valence-corrected chi connectivity index (χ2v) is 10.3. The molecule has 4 rings (SSSR count). The van der Waals surface area contributed by atoms with Gasteiger partial charge in [0.2, 0.25) is 5.95 Å². The van der Waals surface area contributed by atoms with Crippen molar-refractivity contribution in [3.63, 3.8) is 0 Å². The normalized spacial score (nSPS) is 15.0. The molecule has 1 saturated carbocycles. The lowest BCUT2D eigenvalue weighted by Gasteiger charge is -2.23. The van der Waals surface area contributed by atoms with E-state index in [0.717, 1.165) is 24.2 Å². The fourth-order valence-electron chi connectivity index (χ4n) is 3.52. The molecule has 1 aromatic carbocycles. The van der Waals surface area contributed by atoms with Gasteiger partial charge in [0, 0.05) is 29.2 Å². The number of hydrogen-bond donors (Lipinski definition) is 3. The summed E-state index contributed by atoms with van der Waals surface area (Å²) < 4.78 is 27.6. The zero-order valence-electron chi connectivity index (χ0n) is 16.8. The molecule has 2 heterocycles. The maximum absolute atomic E-state index is 12.3. The first-order chi connectivity index (χ1) is 14.5. The van der Waals surface area contributed by atoms with Crippen LogP contribution in [0.4, 0.5) is 23.1 Å². The van der Waals surface area contributed by atoms with Crippen molar-refractivity contribution in [2.24, 2.45) is 0 Å². The smallest absolute Gasteiger partial charge is 0.271 e. The minimum atomic E-state index is -3.55. The summed E-state index contributed by atoms with van der Waals surface area (Å²) in [7, 11) is -3.55. The fourth-order valence-corrected chi connectivity index (χ4v) is 5.57. The van der Waals surface area contributed by atoms with Crippen LogP contribution < -0.4 is 15.4 Å². The van der Waals surface area contributed by atoms with Crippen molar-refractivity contribution in [1.82, 2.24) is 9.97 Å². The van der Waals surface area contributed by atoms with Gasteiger partial charge in [-0.25, -0.2) is 13.4 Å². The summed E-state index contributed by atoms with van der Waals surface area (Å²) >= 11 is 1.19. The Hall–Kier alpha value is -2.65. The van der Waals surface area contributed by atoms with Crippen molar-refractivity contribution < 1.29 is 8.42 Å². The molecule has 158 valence electrons. The third-order valence-corrected chi connectivity index (χ3v) is 7.74. The van der Waals surface area contributed by atoms with E-state index in [9.17, 15) is 8.42 Å². The number of benzene rings is 1. The second-order valence-electron chi connectivity index (χ2n) is 7.44. The Morgan fingerprint density at radius 1 is 1.00 bits per heavy atom. The number of aromatic nitrogens is 2. The largest absolute Gasteiger partial charge is 0.351 e. The van der Waals surface area contributed by atoms with Crippen LogP contribution in [0.1, 0.15) is 37.8 Å². The first-order valence-electron chi connectivity index (χ1n) is 10.0. The SMILES string of the molecule is Cc1cc(Nc2ccc(NS(=O)(=O)c3cccs3)cc2)nc(NC2CCCCC2)n1. The standard InChI is InChI=1S/C21H25N5O2S2/c1-15-14-19(25-21(22-15)24-16-6-3-2-4-7-16)23-17-9-11-18(12-10-17)26-30(27,28)20-8-5-13-29-20/h5,8-14,16,26H,2-4,6-7H2,1H3,(H2,22,23,24,25). The maximum atomic E-state index is 12.3. The first-order valence-corrected chi connectivity index (χ1v) is 12.4. The van der Waals surface area contributed by atoms with Gasteiger partial charge in [-0.3, -0.25) is 4.72 Å². The topological polar surface area (TPSA) is 96.0 Å². The second kappa shape index (κ2) is 9.01. The quantitative estimate of drug-likeness (QED) is 0.468. The molecule has 1 aliphatic carbocycles. The van der Waals surface area contributed by atoms with Crippen molar-refractivity contribution >= 4 is 44.5 Å². The molecule has 3 aromatic rings. The van der Waals surface area contributed by atoms with Crippen LogP contribution in [0.2, 0.25) is 0 Å². The van der Waals surface area contributed by atoms with Crippen molar-refractivity contribution in [1.29, 1.82) is 0 Å². The predicted octanol–water partition coefficient (Wildman–Crippen LogP) is 5.14. The lowest BCUT2D eigenvalue weighted by atomic mass is 9.96. The molecule has 7 nitrogen and oxygen atoms in total. The summed E-state index contributed by atoms with van der Waals surface area (Å²) in [6, 6.07) is 12.7. The van der Waals surface area contributed by atoms with E-state index < -0.39 is 10.0 Å². The van der Waals surface area contributed by atoms with Gasteiger partial charge in [0.25, 0.3) is 10.0 Å². The van der Waals surface area contributed by atoms with E-state index in [4.69, 9.17) is 0 Å². The van der Waals surface area contributed by atoms with Crippen LogP contribution in [0.25, 0.3) is 0 Å². The van der Waals surface area contributed by atoms with Gasteiger partial charge >= 0.3 is 0 Å². The summed E-state index contributed by atoms with van der Waals surface area (Å²) in [5.74, 6) is 1.34. The van der Waals surface area contributed by atoms with Gasteiger partial charge in [-0.1, -0.05) is 25.3 Å². The van der Waals surface area contributed by atoms with Crippen molar-refractivity contribution in [3.05, 3.63) is 53.5 Å². The molecule has 0 aliphatic heterocycles. The lowest BCUT2D eigenvalue weighted by Crippen LogP contribution is -2.23. The lowest BCUT2D eigenvalue weighted by molar-refractivity contribution is 0.461. The summed E-state index contributed by atoms with van der Waals surface area (Å²) in [5, 5.41) is 8.47. The van der Waals surface area contributed by atoms with Gasteiger partial charge in [-0.05, 0) is 55.5 Å². The molecule has 30 heavy (non-hydrogen) atoms. The maximum Gasteiger partial charge on any atom is 0.271 e. The fraction of sp³-hybridized carbons (Fsp3) is 0.333. The van der Waals surface area contributed by atoms with E-state index in [1.807, 2.05) is 25.1 Å². The number of hydrogen-bond acceptors (Lipinski definition) is 7. The molecule has 0 amide bonds. The monoisotopic (exact) mass is 443 g/mol. The Balaban J connectivity index is 1.43. The number of sulfonamides is 1. The molecular weight excluding hydrogens is 418 g/mol. The number of anilines is 4. The first kappa shape index (κ1) is 20.6. The summed E-state index contributed by atoms with van der Waals surface area (Å²) in [5.41, 5.74) is 2.20. The molecule has 1 aliphatic rings. The Bertz CT molecular complexity index is 1080. The summed E-state index contributed by atoms with van der Waals surface area (Å²) in [6.45, 7) is 1.95. The minimum absolute atomic E-state index is 0.291. The number of nitrogens with one attached hydrogen (secondary N) is 3. The Morgan fingerprint density at radius 3 is 2.43 bits per heavy atom. The highest BCUT2D eigenvalue weighted by Crippen LogP contribution is 2.24. The molecule has 9 heteroatoms. The van der Waals surface area contributed by atoms with Crippen LogP contribution in [-0.4, -0.2) is 24.4 Å². The van der Waals surface area contributed by atoms with E-state index in [0.29, 0.717) is 27.7 Å². The zero-order chi connectivity index (χ0) is 21.0. The highest BCUT2D eigenvalue weighted by atomic mass is 32.2. The summed E-state index contributed by atoms with van der Waals surface area (Å²) in [4.78, 5) is 9.11. The average Bonchev–Trinajstić information content (AvgIpc) is 3.26. The number of rotatable bonds is 7. The number of nitrogens with zero attached hydrogens (tertiary/aromatic N) is 2. The molecule has 0 saturated heterocycles. The van der Waals surface area contributed by atoms with Crippen LogP contribution in [0.3, 0.4) is 0 Å². The van der Waals surface area contributed by atoms with E-state index in [1.165, 1.54) is 30.6 Å². The van der Waals surface area contributed by atoms with Crippen molar-refractivity contribution in [2.75, 3.05) is 15.4 Å². The Kier molecular flexibility index (Phi) is 6.19. The Labute approximate surface area is 181 Å². The average molecular weight is 444 g/mol. The molecule has 3 N–H and O–H groups in total. The number of aryl methyl sites for hydroxylation is 1. The Morgan fingerprint density at radius 2 is 1.73 bits per heavy atom. The van der Waals surface area contributed by atoms with Crippen molar-refractivity contribution in [3.8, 4) is 0 Å². The van der Waals surface area contributed by atoms with Gasteiger partial charge in [0.05, 0.1) is 0 Å². The summed E-state index contributed by atoms with van der Waals surface area (Å²) in [6.07, 6.45) is 6.11. The number of thiophene rings is 1. The van der Waals surface area contributed by atoms with Crippen LogP contribution in [0, 0.1) is 6.92 Å². The van der Waals surface area contributed by atoms with Crippen LogP contribution in [-0.2, 0) is 10.0 Å². The van der Waals surface area contributed by atoms with E-state index >= 15 is 0 Å². The molecule has 1 fully saturated rings. The van der Waals surface area contributed by atoms with Crippen LogP contribution in [0.5, 0.6) is 0 Å². The van der Waals surface area contributed by atoms with Gasteiger partial charge in [0.1, 0.15) is 10.0 Å². The molecule has 0 spiro atoms. The molecule has 0 atom stereocenters. The highest BCUT2D eigenvalue weighted by Gasteiger charge is 2.16. The van der Waals surface area contributed by atoms with Crippen LogP contribution >= 0.6 is 11.3 Å². The minimum Gasteiger partial charge on any atom is -0.351 e. The molecule has 0 radical (unpaired) electrons. The molecular formula is C21H25N5O2S2. The van der Waals surface area contributed by atoms with E-state index in [2.05, 4.69) is 25.3 Å². The van der Waals surface area contributed by atoms with E-state index in [-0.39, 0.29) is 0 Å².